The second-order valence-electron chi connectivity index (χ2n) is 10.0. The Hall–Kier alpha value is -1.80. The molecule has 0 aromatic carbocycles. The largest absolute Gasteiger partial charge is 0.462 e. The molecule has 1 saturated heterocycles. The summed E-state index contributed by atoms with van der Waals surface area (Å²) >= 11 is 0.934. The van der Waals surface area contributed by atoms with Gasteiger partial charge in [0.2, 0.25) is 0 Å². The molecule has 0 bridgehead atoms. The first-order valence-electron chi connectivity index (χ1n) is 12.3. The molecular weight excluding hydrogens is 539 g/mol. The summed E-state index contributed by atoms with van der Waals surface area (Å²) in [4.78, 5) is 40.5. The topological polar surface area (TPSA) is 181 Å². The maximum atomic E-state index is 13.6. The van der Waals surface area contributed by atoms with Crippen molar-refractivity contribution in [2.45, 2.75) is 72.4 Å². The number of nitrogens with two attached hydrogens (primary N) is 1. The summed E-state index contributed by atoms with van der Waals surface area (Å²) in [7, 11) is -4.06. The van der Waals surface area contributed by atoms with Crippen LogP contribution in [-0.2, 0) is 32.7 Å². The van der Waals surface area contributed by atoms with Crippen LogP contribution in [0, 0.1) is 11.3 Å². The minimum Gasteiger partial charge on any atom is -0.462 e. The van der Waals surface area contributed by atoms with Gasteiger partial charge in [-0.15, -0.1) is 0 Å². The molecule has 1 aliphatic rings. The summed E-state index contributed by atoms with van der Waals surface area (Å²) in [6, 6.07) is 0.483. The number of anilines is 1. The summed E-state index contributed by atoms with van der Waals surface area (Å²) < 4.78 is 37.2. The van der Waals surface area contributed by atoms with Gasteiger partial charge in [0.05, 0.1) is 37.4 Å². The van der Waals surface area contributed by atoms with Gasteiger partial charge in [0.1, 0.15) is 18.1 Å². The Labute approximate surface area is 226 Å². The molecule has 0 radical (unpaired) electrons. The molecule has 216 valence electrons. The van der Waals surface area contributed by atoms with E-state index in [1.807, 2.05) is 6.92 Å². The number of aliphatic hydroxyl groups excluding tert-OH is 1. The average molecular weight is 579 g/mol. The number of nitrogen functional groups attached to an aromatic ring is 1. The van der Waals surface area contributed by atoms with E-state index < -0.39 is 43.2 Å². The highest BCUT2D eigenvalue weighted by Crippen LogP contribution is 2.46. The first-order valence-corrected chi connectivity index (χ1v) is 14.9. The molecule has 5 atom stereocenters. The molecule has 1 aliphatic heterocycles. The molecule has 1 fully saturated rings. The lowest BCUT2D eigenvalue weighted by Crippen LogP contribution is -2.36. The molecule has 1 aromatic heterocycles. The van der Waals surface area contributed by atoms with Crippen LogP contribution in [0.15, 0.2) is 17.1 Å². The molecule has 13 nitrogen and oxygen atoms in total. The van der Waals surface area contributed by atoms with Crippen molar-refractivity contribution in [2.75, 3.05) is 31.3 Å². The van der Waals surface area contributed by atoms with Crippen LogP contribution in [0.3, 0.4) is 0 Å². The van der Waals surface area contributed by atoms with Crippen LogP contribution in [-0.4, -0.2) is 69.6 Å². The first kappa shape index (κ1) is 32.4. The van der Waals surface area contributed by atoms with E-state index in [9.17, 15) is 24.1 Å². The van der Waals surface area contributed by atoms with Crippen molar-refractivity contribution in [2.24, 2.45) is 11.3 Å². The quantitative estimate of drug-likeness (QED) is 0.166. The van der Waals surface area contributed by atoms with Gasteiger partial charge in [0.25, 0.3) is 0 Å². The lowest BCUT2D eigenvalue weighted by Gasteiger charge is -2.24. The molecule has 1 aromatic rings. The minimum atomic E-state index is -4.06. The number of nitrogens with zero attached hydrogens (tertiary/aromatic N) is 2. The number of thioether (sulfide) groups is 1. The van der Waals surface area contributed by atoms with E-state index in [1.54, 1.807) is 27.7 Å². The fourth-order valence-corrected chi connectivity index (χ4v) is 5.88. The highest BCUT2D eigenvalue weighted by molar-refractivity contribution is 8.13. The smallest absolute Gasteiger partial charge is 0.406 e. The zero-order valence-electron chi connectivity index (χ0n) is 22.6. The summed E-state index contributed by atoms with van der Waals surface area (Å²) in [5.41, 5.74) is 4.09. The number of carbonyl (C=O) groups is 2. The van der Waals surface area contributed by atoms with Crippen LogP contribution in [0.1, 0.15) is 54.2 Å². The van der Waals surface area contributed by atoms with Crippen molar-refractivity contribution >= 4 is 36.4 Å². The maximum Gasteiger partial charge on any atom is 0.406 e. The molecule has 2 heterocycles. The van der Waals surface area contributed by atoms with Crippen molar-refractivity contribution < 1.29 is 37.8 Å². The molecule has 0 aliphatic carbocycles. The van der Waals surface area contributed by atoms with Crippen molar-refractivity contribution in [3.05, 3.63) is 22.7 Å². The minimum absolute atomic E-state index is 0.0859. The van der Waals surface area contributed by atoms with Gasteiger partial charge in [0.15, 0.2) is 5.12 Å². The number of hydrogen-bond donors (Lipinski definition) is 3. The SMILES string of the molecule is CC(C)OC(=O)[C@@H](C)NP(=O)(OCCSC(=O)C(C)(C)CO)OC[C@@H]1C[C@H](C)[C@H](n2ccc(N)nc2=O)O1. The molecule has 1 unspecified atom stereocenters. The van der Waals surface area contributed by atoms with Crippen LogP contribution in [0.4, 0.5) is 5.82 Å². The van der Waals surface area contributed by atoms with Crippen LogP contribution in [0.25, 0.3) is 0 Å². The van der Waals surface area contributed by atoms with Gasteiger partial charge in [-0.3, -0.25) is 23.2 Å². The summed E-state index contributed by atoms with van der Waals surface area (Å²) in [5.74, 6) is -0.473. The van der Waals surface area contributed by atoms with Gasteiger partial charge < -0.3 is 20.3 Å². The number of esters is 1. The van der Waals surface area contributed by atoms with Gasteiger partial charge in [-0.2, -0.15) is 4.98 Å². The fraction of sp³-hybridized carbons (Fsp3) is 0.739. The predicted molar refractivity (Wildman–Crippen MR) is 142 cm³/mol. The zero-order valence-corrected chi connectivity index (χ0v) is 24.3. The molecule has 38 heavy (non-hydrogen) atoms. The molecule has 0 saturated carbocycles. The highest BCUT2D eigenvalue weighted by atomic mass is 32.2. The number of aromatic nitrogens is 2. The molecule has 2 rings (SSSR count). The Balaban J connectivity index is 2.05. The fourth-order valence-electron chi connectivity index (χ4n) is 3.45. The van der Waals surface area contributed by atoms with E-state index in [4.69, 9.17) is 24.3 Å². The van der Waals surface area contributed by atoms with Gasteiger partial charge >= 0.3 is 19.4 Å². The Morgan fingerprint density at radius 1 is 1.37 bits per heavy atom. The summed E-state index contributed by atoms with van der Waals surface area (Å²) in [6.45, 7) is 9.38. The lowest BCUT2D eigenvalue weighted by atomic mass is 9.97. The molecule has 0 amide bonds. The van der Waals surface area contributed by atoms with Crippen molar-refractivity contribution in [3.63, 3.8) is 0 Å². The standard InChI is InChI=1S/C23H39N4O9PS/c1-14(2)35-20(29)16(4)26-37(32,33-9-10-38-21(30)23(5,6)13-28)34-12-17-11-15(3)19(36-17)27-8-7-18(24)25-22(27)31/h7-8,14-17,19,28H,9-13H2,1-6H3,(H,26,32)(H2,24,25,31)/t15-,16+,17-,19+,37?/m0/s1. The third-order valence-corrected chi connectivity index (χ3v) is 8.49. The van der Waals surface area contributed by atoms with E-state index >= 15 is 0 Å². The molecular formula is C23H39N4O9PS. The Bertz CT molecular complexity index is 1070. The van der Waals surface area contributed by atoms with E-state index in [-0.39, 0.29) is 48.5 Å². The van der Waals surface area contributed by atoms with Gasteiger partial charge in [-0.05, 0) is 47.1 Å². The van der Waals surface area contributed by atoms with Crippen molar-refractivity contribution in [3.8, 4) is 0 Å². The van der Waals surface area contributed by atoms with E-state index in [0.29, 0.717) is 6.42 Å². The van der Waals surface area contributed by atoms with Crippen molar-refractivity contribution in [1.82, 2.24) is 14.6 Å². The molecule has 4 N–H and O–H groups in total. The van der Waals surface area contributed by atoms with Crippen molar-refractivity contribution in [1.29, 1.82) is 0 Å². The second kappa shape index (κ2) is 14.0. The number of ether oxygens (including phenoxy) is 2. The third kappa shape index (κ3) is 9.44. The van der Waals surface area contributed by atoms with E-state index in [2.05, 4.69) is 10.1 Å². The second-order valence-corrected chi connectivity index (χ2v) is 12.9. The lowest BCUT2D eigenvalue weighted by molar-refractivity contribution is -0.149. The predicted octanol–water partition coefficient (Wildman–Crippen LogP) is 2.10. The normalized spacial score (nSPS) is 22.3. The van der Waals surface area contributed by atoms with Crippen LogP contribution < -0.4 is 16.5 Å². The maximum absolute atomic E-state index is 13.6. The third-order valence-electron chi connectivity index (χ3n) is 5.59. The molecule has 15 heteroatoms. The number of carbonyl (C=O) groups excluding carboxylic acids is 2. The average Bonchev–Trinajstić information content (AvgIpc) is 3.20. The summed E-state index contributed by atoms with van der Waals surface area (Å²) in [6.07, 6.45) is 0.477. The van der Waals surface area contributed by atoms with Crippen LogP contribution >= 0.6 is 19.5 Å². The highest BCUT2D eigenvalue weighted by Gasteiger charge is 2.38. The Morgan fingerprint density at radius 3 is 2.66 bits per heavy atom. The summed E-state index contributed by atoms with van der Waals surface area (Å²) in [5, 5.41) is 11.7. The number of nitrogens with one attached hydrogen (secondary N) is 1. The van der Waals surface area contributed by atoms with Gasteiger partial charge in [-0.1, -0.05) is 18.7 Å². The van der Waals surface area contributed by atoms with Gasteiger partial charge in [-0.25, -0.2) is 14.4 Å². The number of aliphatic hydroxyl groups is 1. The monoisotopic (exact) mass is 578 g/mol. The van der Waals surface area contributed by atoms with Crippen LogP contribution in [0.2, 0.25) is 0 Å². The first-order chi connectivity index (χ1) is 17.7. The van der Waals surface area contributed by atoms with Crippen LogP contribution in [0.5, 0.6) is 0 Å². The van der Waals surface area contributed by atoms with E-state index in [0.717, 1.165) is 11.8 Å². The van der Waals surface area contributed by atoms with Gasteiger partial charge in [0, 0.05) is 17.9 Å². The Kier molecular flexibility index (Phi) is 12.0. The molecule has 0 spiro atoms. The number of rotatable bonds is 14. The number of hydrogen-bond acceptors (Lipinski definition) is 12. The zero-order chi connectivity index (χ0) is 28.7. The van der Waals surface area contributed by atoms with E-state index in [1.165, 1.54) is 23.8 Å². The Morgan fingerprint density at radius 2 is 2.05 bits per heavy atom.